The van der Waals surface area contributed by atoms with Crippen molar-refractivity contribution >= 4 is 45.9 Å². The van der Waals surface area contributed by atoms with Crippen LogP contribution in [-0.2, 0) is 14.3 Å². The van der Waals surface area contributed by atoms with E-state index >= 15 is 0 Å². The molecule has 0 bridgehead atoms. The van der Waals surface area contributed by atoms with Gasteiger partial charge in [-0.25, -0.2) is 13.6 Å². The van der Waals surface area contributed by atoms with Gasteiger partial charge in [-0.1, -0.05) is 0 Å². The molecule has 1 saturated heterocycles. The van der Waals surface area contributed by atoms with E-state index < -0.39 is 23.5 Å². The van der Waals surface area contributed by atoms with Crippen molar-refractivity contribution in [3.05, 3.63) is 52.6 Å². The number of amidine groups is 1. The lowest BCUT2D eigenvalue weighted by Crippen LogP contribution is -2.19. The Balaban J connectivity index is 1.84. The quantitative estimate of drug-likeness (QED) is 0.383. The summed E-state index contributed by atoms with van der Waals surface area (Å²) in [5, 5.41) is 9.87. The highest BCUT2D eigenvalue weighted by Gasteiger charge is 2.25. The topological polar surface area (TPSA) is 93.0 Å². The molecule has 2 aromatic rings. The first-order valence-corrected chi connectivity index (χ1v) is 7.94. The molecule has 1 aromatic heterocycles. The number of amides is 1. The number of aromatic nitrogens is 1. The van der Waals surface area contributed by atoms with E-state index in [0.29, 0.717) is 0 Å². The normalized spacial score (nSPS) is 17.4. The number of nitrogens with zero attached hydrogens (tertiary/aromatic N) is 3. The third-order valence-electron chi connectivity index (χ3n) is 3.27. The van der Waals surface area contributed by atoms with E-state index in [-0.39, 0.29) is 26.5 Å². The zero-order valence-corrected chi connectivity index (χ0v) is 14.0. The van der Waals surface area contributed by atoms with E-state index in [1.54, 1.807) is 0 Å². The Morgan fingerprint density at radius 3 is 3.00 bits per heavy atom. The highest BCUT2D eigenvalue weighted by atomic mass is 32.2. The molecule has 0 radical (unpaired) electrons. The van der Waals surface area contributed by atoms with Gasteiger partial charge in [0.05, 0.1) is 29.3 Å². The van der Waals surface area contributed by atoms with Crippen LogP contribution in [0.15, 0.2) is 45.6 Å². The first kappa shape index (κ1) is 17.7. The van der Waals surface area contributed by atoms with E-state index in [2.05, 4.69) is 25.2 Å². The van der Waals surface area contributed by atoms with Gasteiger partial charge in [-0.2, -0.15) is 5.10 Å². The number of methoxy groups -OCH3 is 1. The number of carbonyl (C=O) groups is 2. The summed E-state index contributed by atoms with van der Waals surface area (Å²) >= 11 is 0.847. The number of benzene rings is 1. The standard InChI is InChI=1S/C16H10F2N4O3S/c1-25-13(23)6-12-15(24)21-16(26-12)22-20-7-9-10(17)5-11-8(14(9)18)3-2-4-19-11/h2-7H,1H3,(H,21,22,24)/b12-6+,20-7?. The fourth-order valence-corrected chi connectivity index (χ4v) is 2.80. The first-order valence-electron chi connectivity index (χ1n) is 7.12. The number of hydrogen-bond donors (Lipinski definition) is 1. The van der Waals surface area contributed by atoms with Crippen LogP contribution in [0.5, 0.6) is 0 Å². The summed E-state index contributed by atoms with van der Waals surface area (Å²) in [6.45, 7) is 0. The molecule has 1 N–H and O–H groups in total. The molecule has 7 nitrogen and oxygen atoms in total. The number of pyridine rings is 1. The van der Waals surface area contributed by atoms with Gasteiger partial charge >= 0.3 is 5.97 Å². The minimum atomic E-state index is -0.841. The molecule has 132 valence electrons. The van der Waals surface area contributed by atoms with E-state index in [0.717, 1.165) is 30.1 Å². The van der Waals surface area contributed by atoms with Gasteiger partial charge in [-0.05, 0) is 23.9 Å². The predicted octanol–water partition coefficient (Wildman–Crippen LogP) is 2.12. The van der Waals surface area contributed by atoms with Crippen LogP contribution in [0.25, 0.3) is 10.9 Å². The largest absolute Gasteiger partial charge is 0.466 e. The summed E-state index contributed by atoms with van der Waals surface area (Å²) in [5.41, 5.74) is -0.198. The van der Waals surface area contributed by atoms with E-state index in [1.165, 1.54) is 25.4 Å². The zero-order chi connectivity index (χ0) is 18.7. The Morgan fingerprint density at radius 1 is 1.42 bits per heavy atom. The van der Waals surface area contributed by atoms with Crippen molar-refractivity contribution in [2.75, 3.05) is 7.11 Å². The van der Waals surface area contributed by atoms with Crippen LogP contribution < -0.4 is 5.32 Å². The average Bonchev–Trinajstić information content (AvgIpc) is 2.97. The maximum Gasteiger partial charge on any atom is 0.331 e. The van der Waals surface area contributed by atoms with Crippen LogP contribution in [-0.4, -0.2) is 35.4 Å². The fourth-order valence-electron chi connectivity index (χ4n) is 2.06. The number of halogens is 2. The molecule has 26 heavy (non-hydrogen) atoms. The lowest BCUT2D eigenvalue weighted by molar-refractivity contribution is -0.135. The molecule has 0 saturated carbocycles. The Hall–Kier alpha value is -3.14. The summed E-state index contributed by atoms with van der Waals surface area (Å²) in [6, 6.07) is 4.10. The van der Waals surface area contributed by atoms with Crippen LogP contribution in [0.3, 0.4) is 0 Å². The first-order chi connectivity index (χ1) is 12.5. The third kappa shape index (κ3) is 3.59. The molecule has 1 aliphatic rings. The minimum absolute atomic E-state index is 0.0599. The summed E-state index contributed by atoms with van der Waals surface area (Å²) in [6.07, 6.45) is 3.33. The van der Waals surface area contributed by atoms with E-state index in [4.69, 9.17) is 0 Å². The molecular formula is C16H10F2N4O3S. The predicted molar refractivity (Wildman–Crippen MR) is 92.5 cm³/mol. The van der Waals surface area contributed by atoms with Crippen LogP contribution in [0.4, 0.5) is 8.78 Å². The summed E-state index contributed by atoms with van der Waals surface area (Å²) in [4.78, 5) is 26.8. The smallest absolute Gasteiger partial charge is 0.331 e. The second-order valence-corrected chi connectivity index (χ2v) is 5.92. The highest BCUT2D eigenvalue weighted by molar-refractivity contribution is 8.18. The minimum Gasteiger partial charge on any atom is -0.466 e. The molecule has 1 aliphatic heterocycles. The maximum atomic E-state index is 14.4. The third-order valence-corrected chi connectivity index (χ3v) is 4.17. The summed E-state index contributed by atoms with van der Waals surface area (Å²) < 4.78 is 32.8. The highest BCUT2D eigenvalue weighted by Crippen LogP contribution is 2.24. The number of rotatable bonds is 3. The van der Waals surface area contributed by atoms with Crippen molar-refractivity contribution in [3.63, 3.8) is 0 Å². The Kier molecular flexibility index (Phi) is 5.03. The number of esters is 1. The Bertz CT molecular complexity index is 1000. The molecule has 1 aromatic carbocycles. The number of nitrogens with one attached hydrogen (secondary N) is 1. The van der Waals surface area contributed by atoms with Gasteiger partial charge in [0, 0.05) is 23.7 Å². The van der Waals surface area contributed by atoms with Gasteiger partial charge in [0.15, 0.2) is 5.17 Å². The van der Waals surface area contributed by atoms with Crippen LogP contribution in [0.1, 0.15) is 5.56 Å². The Labute approximate surface area is 149 Å². The summed E-state index contributed by atoms with van der Waals surface area (Å²) in [5.74, 6) is -2.90. The number of hydrogen-bond acceptors (Lipinski definition) is 7. The molecule has 0 spiro atoms. The van der Waals surface area contributed by atoms with E-state index in [1.807, 2.05) is 0 Å². The van der Waals surface area contributed by atoms with Crippen molar-refractivity contribution in [2.24, 2.45) is 10.2 Å². The lowest BCUT2D eigenvalue weighted by Gasteiger charge is -2.03. The summed E-state index contributed by atoms with van der Waals surface area (Å²) in [7, 11) is 1.18. The molecule has 0 unspecified atom stereocenters. The number of fused-ring (bicyclic) bond motifs is 1. The molecule has 10 heteroatoms. The second-order valence-electron chi connectivity index (χ2n) is 4.89. The lowest BCUT2D eigenvalue weighted by atomic mass is 10.1. The number of carbonyl (C=O) groups excluding carboxylic acids is 2. The van der Waals surface area contributed by atoms with Gasteiger partial charge in [0.1, 0.15) is 11.6 Å². The number of ether oxygens (including phenoxy) is 1. The van der Waals surface area contributed by atoms with Gasteiger partial charge < -0.3 is 4.74 Å². The molecule has 2 heterocycles. The Morgan fingerprint density at radius 2 is 2.23 bits per heavy atom. The molecule has 1 amide bonds. The van der Waals surface area contributed by atoms with E-state index in [9.17, 15) is 18.4 Å². The average molecular weight is 376 g/mol. The van der Waals surface area contributed by atoms with Gasteiger partial charge in [-0.15, -0.1) is 5.10 Å². The van der Waals surface area contributed by atoms with Gasteiger partial charge in [-0.3, -0.25) is 15.1 Å². The van der Waals surface area contributed by atoms with Gasteiger partial charge in [0.25, 0.3) is 5.91 Å². The zero-order valence-electron chi connectivity index (χ0n) is 13.2. The fraction of sp³-hybridized carbons (Fsp3) is 0.0625. The van der Waals surface area contributed by atoms with Crippen molar-refractivity contribution in [1.82, 2.24) is 10.3 Å². The second kappa shape index (κ2) is 7.40. The molecule has 0 atom stereocenters. The molecule has 3 rings (SSSR count). The van der Waals surface area contributed by atoms with Crippen LogP contribution >= 0.6 is 11.8 Å². The number of thioether (sulfide) groups is 1. The van der Waals surface area contributed by atoms with Crippen LogP contribution in [0.2, 0.25) is 0 Å². The monoisotopic (exact) mass is 376 g/mol. The van der Waals surface area contributed by atoms with Crippen molar-refractivity contribution in [3.8, 4) is 0 Å². The molecule has 1 fully saturated rings. The molecular weight excluding hydrogens is 366 g/mol. The van der Waals surface area contributed by atoms with Crippen molar-refractivity contribution in [1.29, 1.82) is 0 Å². The van der Waals surface area contributed by atoms with Gasteiger partial charge in [0.2, 0.25) is 0 Å². The van der Waals surface area contributed by atoms with Crippen LogP contribution in [0, 0.1) is 11.6 Å². The maximum absolute atomic E-state index is 14.4. The van der Waals surface area contributed by atoms with Crippen molar-refractivity contribution < 1.29 is 23.1 Å². The SMILES string of the molecule is COC(=O)/C=C1/S/C(=N\N=Cc2c(F)cc3ncccc3c2F)NC1=O. The van der Waals surface area contributed by atoms with Crippen molar-refractivity contribution in [2.45, 2.75) is 0 Å². The molecule has 0 aliphatic carbocycles.